The Bertz CT molecular complexity index is 1160. The quantitative estimate of drug-likeness (QED) is 0.594. The molecule has 7 heteroatoms. The van der Waals surface area contributed by atoms with Crippen molar-refractivity contribution in [2.75, 3.05) is 0 Å². The molecule has 2 aromatic carbocycles. The van der Waals surface area contributed by atoms with Crippen LogP contribution >= 0.6 is 0 Å². The summed E-state index contributed by atoms with van der Waals surface area (Å²) in [4.78, 5) is 27.2. The van der Waals surface area contributed by atoms with Crippen LogP contribution in [0, 0.1) is 5.82 Å². The van der Waals surface area contributed by atoms with Crippen LogP contribution in [-0.2, 0) is 0 Å². The highest BCUT2D eigenvalue weighted by Crippen LogP contribution is 2.24. The van der Waals surface area contributed by atoms with Crippen molar-refractivity contribution in [2.24, 2.45) is 0 Å². The van der Waals surface area contributed by atoms with Gasteiger partial charge in [0.15, 0.2) is 5.56 Å². The highest BCUT2D eigenvalue weighted by Gasteiger charge is 2.21. The summed E-state index contributed by atoms with van der Waals surface area (Å²) in [5, 5.41) is 14.5. The Balaban J connectivity index is 2.17. The molecule has 118 valence electrons. The summed E-state index contributed by atoms with van der Waals surface area (Å²) in [5.74, 6) is -1.81. The molecule has 4 aromatic rings. The smallest absolute Gasteiger partial charge is 0.343 e. The van der Waals surface area contributed by atoms with Crippen LogP contribution in [0.15, 0.2) is 53.3 Å². The van der Waals surface area contributed by atoms with Gasteiger partial charge in [-0.05, 0) is 30.3 Å². The summed E-state index contributed by atoms with van der Waals surface area (Å²) in [7, 11) is 0. The lowest BCUT2D eigenvalue weighted by Gasteiger charge is -2.06. The van der Waals surface area contributed by atoms with Gasteiger partial charge in [-0.15, -0.1) is 0 Å². The van der Waals surface area contributed by atoms with E-state index in [1.165, 1.54) is 24.3 Å². The number of benzene rings is 2. The number of hydrogen-bond acceptors (Lipinski definition) is 3. The molecule has 2 aromatic heterocycles. The average Bonchev–Trinajstić information content (AvgIpc) is 2.92. The highest BCUT2D eigenvalue weighted by atomic mass is 19.1. The number of H-pyrrole nitrogens is 1. The normalized spacial score (nSPS) is 11.2. The molecule has 0 bridgehead atoms. The highest BCUT2D eigenvalue weighted by molar-refractivity contribution is 6.11. The Morgan fingerprint density at radius 2 is 1.83 bits per heavy atom. The number of halogens is 1. The maximum absolute atomic E-state index is 13.1. The van der Waals surface area contributed by atoms with Gasteiger partial charge >= 0.3 is 5.97 Å². The number of para-hydroxylation sites is 1. The Hall–Kier alpha value is -3.48. The second-order valence-corrected chi connectivity index (χ2v) is 5.27. The molecule has 0 radical (unpaired) electrons. The molecule has 0 atom stereocenters. The first-order chi connectivity index (χ1) is 11.6. The third-order valence-corrected chi connectivity index (χ3v) is 3.82. The van der Waals surface area contributed by atoms with Crippen molar-refractivity contribution in [1.29, 1.82) is 0 Å². The van der Waals surface area contributed by atoms with E-state index in [4.69, 9.17) is 0 Å². The molecule has 0 amide bonds. The molecule has 2 heterocycles. The van der Waals surface area contributed by atoms with E-state index in [0.717, 1.165) is 4.68 Å². The molecular formula is C17H10FN3O3. The van der Waals surface area contributed by atoms with Crippen LogP contribution in [0.2, 0.25) is 0 Å². The van der Waals surface area contributed by atoms with Gasteiger partial charge in [0.05, 0.1) is 11.2 Å². The minimum Gasteiger partial charge on any atom is -0.477 e. The van der Waals surface area contributed by atoms with Gasteiger partial charge in [-0.2, -0.15) is 9.78 Å². The van der Waals surface area contributed by atoms with Gasteiger partial charge in [0.2, 0.25) is 0 Å². The number of fused-ring (bicyclic) bond motifs is 3. The lowest BCUT2D eigenvalue weighted by Crippen LogP contribution is -2.27. The topological polar surface area (TPSA) is 88.0 Å². The zero-order valence-corrected chi connectivity index (χ0v) is 12.2. The van der Waals surface area contributed by atoms with Gasteiger partial charge in [-0.1, -0.05) is 18.2 Å². The largest absolute Gasteiger partial charge is 0.477 e. The number of aromatic amines is 1. The third kappa shape index (κ3) is 1.98. The zero-order chi connectivity index (χ0) is 16.8. The van der Waals surface area contributed by atoms with Crippen molar-refractivity contribution < 1.29 is 14.3 Å². The standard InChI is InChI=1S/C17H10FN3O3/c18-9-5-7-10(8-6-9)21-16(22)13(17(23)24)15-14(20-21)11-3-1-2-4-12(11)19-15/h1-8,19H,(H,23,24). The molecule has 0 saturated carbocycles. The Labute approximate surface area is 133 Å². The monoisotopic (exact) mass is 323 g/mol. The Morgan fingerprint density at radius 1 is 1.12 bits per heavy atom. The predicted octanol–water partition coefficient (Wildman–Crippen LogP) is 2.70. The Kier molecular flexibility index (Phi) is 2.96. The van der Waals surface area contributed by atoms with Crippen LogP contribution in [0.5, 0.6) is 0 Å². The van der Waals surface area contributed by atoms with Crippen molar-refractivity contribution in [3.8, 4) is 5.69 Å². The first kappa shape index (κ1) is 14.1. The van der Waals surface area contributed by atoms with E-state index >= 15 is 0 Å². The van der Waals surface area contributed by atoms with E-state index in [-0.39, 0.29) is 11.2 Å². The summed E-state index contributed by atoms with van der Waals surface area (Å²) in [6, 6.07) is 12.3. The minimum atomic E-state index is -1.35. The summed E-state index contributed by atoms with van der Waals surface area (Å²) in [5.41, 5.74) is 0.322. The number of carboxylic acids is 1. The number of hydrogen-bond donors (Lipinski definition) is 2. The number of nitrogens with one attached hydrogen (secondary N) is 1. The van der Waals surface area contributed by atoms with E-state index < -0.39 is 22.9 Å². The van der Waals surface area contributed by atoms with Gasteiger partial charge in [-0.3, -0.25) is 4.79 Å². The Morgan fingerprint density at radius 3 is 2.54 bits per heavy atom. The molecule has 6 nitrogen and oxygen atoms in total. The van der Waals surface area contributed by atoms with Gasteiger partial charge in [0.1, 0.15) is 11.3 Å². The van der Waals surface area contributed by atoms with Crippen LogP contribution < -0.4 is 5.56 Å². The van der Waals surface area contributed by atoms with Crippen molar-refractivity contribution in [1.82, 2.24) is 14.8 Å². The minimum absolute atomic E-state index is 0.173. The van der Waals surface area contributed by atoms with Crippen molar-refractivity contribution in [3.63, 3.8) is 0 Å². The van der Waals surface area contributed by atoms with Gasteiger partial charge in [0.25, 0.3) is 5.56 Å². The zero-order valence-electron chi connectivity index (χ0n) is 12.2. The van der Waals surface area contributed by atoms with Crippen molar-refractivity contribution in [3.05, 3.63) is 70.3 Å². The fourth-order valence-corrected chi connectivity index (χ4v) is 2.73. The van der Waals surface area contributed by atoms with Crippen LogP contribution in [0.1, 0.15) is 10.4 Å². The molecule has 0 spiro atoms. The van der Waals surface area contributed by atoms with Gasteiger partial charge < -0.3 is 10.1 Å². The summed E-state index contributed by atoms with van der Waals surface area (Å²) in [6.45, 7) is 0. The first-order valence-corrected chi connectivity index (χ1v) is 7.09. The van der Waals surface area contributed by atoms with Gasteiger partial charge in [-0.25, -0.2) is 9.18 Å². The number of rotatable bonds is 2. The predicted molar refractivity (Wildman–Crippen MR) is 86.1 cm³/mol. The fraction of sp³-hybridized carbons (Fsp3) is 0. The molecule has 24 heavy (non-hydrogen) atoms. The number of carboxylic acid groups (broad SMARTS) is 1. The summed E-state index contributed by atoms with van der Waals surface area (Å²) >= 11 is 0. The molecule has 0 aliphatic heterocycles. The SMILES string of the molecule is O=C(O)c1c(=O)n(-c2ccc(F)cc2)nc2c1[nH]c1ccccc12. The molecule has 0 unspecified atom stereocenters. The summed E-state index contributed by atoms with van der Waals surface area (Å²) < 4.78 is 14.1. The molecule has 0 fully saturated rings. The molecule has 4 rings (SSSR count). The van der Waals surface area contributed by atoms with Crippen LogP contribution in [0.3, 0.4) is 0 Å². The van der Waals surface area contributed by atoms with Crippen LogP contribution in [0.4, 0.5) is 4.39 Å². The number of carbonyl (C=O) groups is 1. The molecular weight excluding hydrogens is 313 g/mol. The number of nitrogens with zero attached hydrogens (tertiary/aromatic N) is 2. The molecule has 0 aliphatic rings. The molecule has 0 saturated heterocycles. The molecule has 0 aliphatic carbocycles. The van der Waals surface area contributed by atoms with Crippen molar-refractivity contribution >= 4 is 27.9 Å². The van der Waals surface area contributed by atoms with E-state index in [2.05, 4.69) is 10.1 Å². The second kappa shape index (κ2) is 5.02. The van der Waals surface area contributed by atoms with Crippen molar-refractivity contribution in [2.45, 2.75) is 0 Å². The average molecular weight is 323 g/mol. The van der Waals surface area contributed by atoms with E-state index in [1.807, 2.05) is 0 Å². The lowest BCUT2D eigenvalue weighted by molar-refractivity contribution is 0.0696. The van der Waals surface area contributed by atoms with Gasteiger partial charge in [0, 0.05) is 10.9 Å². The fourth-order valence-electron chi connectivity index (χ4n) is 2.73. The lowest BCUT2D eigenvalue weighted by atomic mass is 10.2. The molecule has 2 N–H and O–H groups in total. The van der Waals surface area contributed by atoms with Crippen LogP contribution in [-0.4, -0.2) is 25.8 Å². The van der Waals surface area contributed by atoms with E-state index in [9.17, 15) is 19.1 Å². The number of aromatic carboxylic acids is 1. The summed E-state index contributed by atoms with van der Waals surface area (Å²) in [6.07, 6.45) is 0. The number of aromatic nitrogens is 3. The second-order valence-electron chi connectivity index (χ2n) is 5.27. The van der Waals surface area contributed by atoms with E-state index in [0.29, 0.717) is 16.4 Å². The first-order valence-electron chi connectivity index (χ1n) is 7.09. The van der Waals surface area contributed by atoms with Crippen LogP contribution in [0.25, 0.3) is 27.6 Å². The maximum Gasteiger partial charge on any atom is 0.343 e. The third-order valence-electron chi connectivity index (χ3n) is 3.82. The maximum atomic E-state index is 13.1. The van der Waals surface area contributed by atoms with E-state index in [1.54, 1.807) is 24.3 Å².